The van der Waals surface area contributed by atoms with Crippen molar-refractivity contribution in [3.63, 3.8) is 0 Å². The maximum atomic E-state index is 6.09. The van der Waals surface area contributed by atoms with Crippen LogP contribution in [0.25, 0.3) is 10.8 Å². The number of terminal acetylenes is 1. The van der Waals surface area contributed by atoms with Crippen molar-refractivity contribution < 1.29 is 9.47 Å². The van der Waals surface area contributed by atoms with Crippen LogP contribution in [0.1, 0.15) is 46.7 Å². The first kappa shape index (κ1) is 25.7. The molecule has 1 atom stereocenters. The van der Waals surface area contributed by atoms with Gasteiger partial charge in [-0.3, -0.25) is 0 Å². The van der Waals surface area contributed by atoms with E-state index in [9.17, 15) is 0 Å². The van der Waals surface area contributed by atoms with Gasteiger partial charge in [-0.2, -0.15) is 0 Å². The first-order valence-corrected chi connectivity index (χ1v) is 12.4. The highest BCUT2D eigenvalue weighted by molar-refractivity contribution is 5.89. The average Bonchev–Trinajstić information content (AvgIpc) is 2.93. The highest BCUT2D eigenvalue weighted by Crippen LogP contribution is 2.25. The standard InChI is InChI=1S/C35H30O2/c1-5-6-10-29-21-22-30-11-7-8-13-32(30)33(29)23-24-34-31(12-9-14-35(34)36-4)25-37-27(3)17-20-28-18-15-26(2)16-19-28/h1,7-9,11-16,18-19,21-22,27H,6,10,25H2,2-4H3/t27-/m0/s1. The zero-order valence-corrected chi connectivity index (χ0v) is 21.6. The molecule has 4 aromatic rings. The van der Waals surface area contributed by atoms with Crippen molar-refractivity contribution >= 4 is 10.8 Å². The highest BCUT2D eigenvalue weighted by Gasteiger charge is 2.10. The average molecular weight is 483 g/mol. The molecule has 0 bridgehead atoms. The van der Waals surface area contributed by atoms with Crippen molar-refractivity contribution in [3.8, 4) is 41.8 Å². The number of hydrogen-bond acceptors (Lipinski definition) is 2. The molecule has 4 rings (SSSR count). The Labute approximate surface area is 220 Å². The summed E-state index contributed by atoms with van der Waals surface area (Å²) in [6.45, 7) is 4.40. The van der Waals surface area contributed by atoms with E-state index in [0.29, 0.717) is 13.0 Å². The summed E-state index contributed by atoms with van der Waals surface area (Å²) in [6.07, 6.45) is 6.77. The topological polar surface area (TPSA) is 18.5 Å². The molecule has 2 nitrogen and oxygen atoms in total. The van der Waals surface area contributed by atoms with Crippen LogP contribution in [0.15, 0.2) is 78.9 Å². The summed E-state index contributed by atoms with van der Waals surface area (Å²) in [5.74, 6) is 16.7. The molecular weight excluding hydrogens is 452 g/mol. The predicted octanol–water partition coefficient (Wildman–Crippen LogP) is 7.08. The molecule has 0 saturated heterocycles. The van der Waals surface area contributed by atoms with Crippen LogP contribution in [0.2, 0.25) is 0 Å². The predicted molar refractivity (Wildman–Crippen MR) is 152 cm³/mol. The van der Waals surface area contributed by atoms with Crippen LogP contribution in [-0.4, -0.2) is 13.2 Å². The molecule has 0 N–H and O–H groups in total. The summed E-state index contributed by atoms with van der Waals surface area (Å²) in [5.41, 5.74) is 6.12. The van der Waals surface area contributed by atoms with Gasteiger partial charge in [0.15, 0.2) is 0 Å². The molecule has 0 radical (unpaired) electrons. The summed E-state index contributed by atoms with van der Waals surface area (Å²) in [4.78, 5) is 0. The third kappa shape index (κ3) is 6.63. The summed E-state index contributed by atoms with van der Waals surface area (Å²) < 4.78 is 11.8. The number of benzene rings is 4. The van der Waals surface area contributed by atoms with E-state index in [1.165, 1.54) is 5.56 Å². The largest absolute Gasteiger partial charge is 0.495 e. The molecule has 0 fully saturated rings. The molecule has 0 heterocycles. The molecule has 0 aliphatic heterocycles. The number of methoxy groups -OCH3 is 1. The molecule has 0 saturated carbocycles. The van der Waals surface area contributed by atoms with Crippen LogP contribution >= 0.6 is 0 Å². The number of ether oxygens (including phenoxy) is 2. The SMILES string of the molecule is C#CCCc1ccc2ccccc2c1C#Cc1c(CO[C@@H](C)C#Cc2ccc(C)cc2)cccc1OC. The van der Waals surface area contributed by atoms with E-state index in [-0.39, 0.29) is 6.10 Å². The van der Waals surface area contributed by atoms with Crippen molar-refractivity contribution in [2.24, 2.45) is 0 Å². The summed E-state index contributed by atoms with van der Waals surface area (Å²) in [5, 5.41) is 2.28. The molecule has 0 aliphatic carbocycles. The maximum absolute atomic E-state index is 6.09. The Hall–Kier alpha value is -4.42. The lowest BCUT2D eigenvalue weighted by Crippen LogP contribution is -2.07. The van der Waals surface area contributed by atoms with Crippen LogP contribution in [0.5, 0.6) is 5.75 Å². The molecule has 0 spiro atoms. The Morgan fingerprint density at radius 1 is 0.811 bits per heavy atom. The van der Waals surface area contributed by atoms with Gasteiger partial charge in [-0.1, -0.05) is 89.9 Å². The number of hydrogen-bond donors (Lipinski definition) is 0. The van der Waals surface area contributed by atoms with Crippen LogP contribution in [-0.2, 0) is 17.8 Å². The van der Waals surface area contributed by atoms with Gasteiger partial charge in [-0.15, -0.1) is 12.3 Å². The first-order chi connectivity index (χ1) is 18.1. The second kappa shape index (κ2) is 12.5. The van der Waals surface area contributed by atoms with Crippen molar-refractivity contribution in [2.45, 2.75) is 39.4 Å². The molecule has 0 aromatic heterocycles. The second-order valence-electron chi connectivity index (χ2n) is 8.86. The fraction of sp³-hybridized carbons (Fsp3) is 0.200. The minimum absolute atomic E-state index is 0.234. The van der Waals surface area contributed by atoms with Crippen LogP contribution in [0, 0.1) is 42.9 Å². The molecule has 37 heavy (non-hydrogen) atoms. The van der Waals surface area contributed by atoms with E-state index in [0.717, 1.165) is 50.8 Å². The van der Waals surface area contributed by atoms with Crippen LogP contribution < -0.4 is 4.74 Å². The monoisotopic (exact) mass is 482 g/mol. The minimum atomic E-state index is -0.234. The van der Waals surface area contributed by atoms with Crippen LogP contribution in [0.4, 0.5) is 0 Å². The molecule has 0 amide bonds. The fourth-order valence-corrected chi connectivity index (χ4v) is 4.09. The molecular formula is C35H30O2. The molecule has 182 valence electrons. The summed E-state index contributed by atoms with van der Waals surface area (Å²) >= 11 is 0. The molecule has 0 aliphatic rings. The lowest BCUT2D eigenvalue weighted by molar-refractivity contribution is 0.0898. The molecule has 4 aromatic carbocycles. The maximum Gasteiger partial charge on any atom is 0.134 e. The highest BCUT2D eigenvalue weighted by atomic mass is 16.5. The smallest absolute Gasteiger partial charge is 0.134 e. The Balaban J connectivity index is 1.63. The van der Waals surface area contributed by atoms with Crippen LogP contribution in [0.3, 0.4) is 0 Å². The van der Waals surface area contributed by atoms with Gasteiger partial charge >= 0.3 is 0 Å². The summed E-state index contributed by atoms with van der Waals surface area (Å²) in [7, 11) is 1.66. The van der Waals surface area contributed by atoms with Gasteiger partial charge in [0.25, 0.3) is 0 Å². The molecule has 0 unspecified atom stereocenters. The van der Waals surface area contributed by atoms with Crippen molar-refractivity contribution in [3.05, 3.63) is 112 Å². The van der Waals surface area contributed by atoms with E-state index >= 15 is 0 Å². The summed E-state index contributed by atoms with van der Waals surface area (Å²) in [6, 6.07) is 26.6. The fourth-order valence-electron chi connectivity index (χ4n) is 4.09. The minimum Gasteiger partial charge on any atom is -0.495 e. The lowest BCUT2D eigenvalue weighted by atomic mass is 9.96. The van der Waals surface area contributed by atoms with E-state index < -0.39 is 0 Å². The van der Waals surface area contributed by atoms with Gasteiger partial charge in [0.1, 0.15) is 11.9 Å². The van der Waals surface area contributed by atoms with E-state index in [2.05, 4.69) is 72.9 Å². The second-order valence-corrected chi connectivity index (χ2v) is 8.86. The van der Waals surface area contributed by atoms with Gasteiger partial charge in [0.2, 0.25) is 0 Å². The Morgan fingerprint density at radius 3 is 2.38 bits per heavy atom. The van der Waals surface area contributed by atoms with Crippen molar-refractivity contribution in [2.75, 3.05) is 7.11 Å². The van der Waals surface area contributed by atoms with Crippen molar-refractivity contribution in [1.82, 2.24) is 0 Å². The first-order valence-electron chi connectivity index (χ1n) is 12.4. The van der Waals surface area contributed by atoms with E-state index in [4.69, 9.17) is 15.9 Å². The number of fused-ring (bicyclic) bond motifs is 1. The van der Waals surface area contributed by atoms with Gasteiger partial charge in [0.05, 0.1) is 19.3 Å². The number of rotatable bonds is 6. The molecule has 2 heteroatoms. The van der Waals surface area contributed by atoms with Gasteiger partial charge in [-0.25, -0.2) is 0 Å². The Bertz CT molecular complexity index is 1550. The Kier molecular flexibility index (Phi) is 8.68. The normalized spacial score (nSPS) is 11.0. The zero-order valence-electron chi connectivity index (χ0n) is 21.6. The van der Waals surface area contributed by atoms with Gasteiger partial charge in [-0.05, 0) is 60.4 Å². The van der Waals surface area contributed by atoms with E-state index in [1.54, 1.807) is 7.11 Å². The third-order valence-electron chi connectivity index (χ3n) is 6.16. The quantitative estimate of drug-likeness (QED) is 0.273. The third-order valence-corrected chi connectivity index (χ3v) is 6.16. The van der Waals surface area contributed by atoms with E-state index in [1.807, 2.05) is 49.4 Å². The number of aryl methyl sites for hydroxylation is 2. The Morgan fingerprint density at radius 2 is 1.59 bits per heavy atom. The lowest BCUT2D eigenvalue weighted by Gasteiger charge is -2.12. The van der Waals surface area contributed by atoms with Crippen molar-refractivity contribution in [1.29, 1.82) is 0 Å². The van der Waals surface area contributed by atoms with Gasteiger partial charge in [0, 0.05) is 17.5 Å². The zero-order chi connectivity index (χ0) is 26.0. The van der Waals surface area contributed by atoms with Gasteiger partial charge < -0.3 is 9.47 Å².